The lowest BCUT2D eigenvalue weighted by Crippen LogP contribution is -1.91. The molecular formula is C44H26O2. The Hall–Kier alpha value is -6.12. The zero-order valence-corrected chi connectivity index (χ0v) is 24.8. The summed E-state index contributed by atoms with van der Waals surface area (Å²) in [5, 5.41) is 9.35. The van der Waals surface area contributed by atoms with E-state index in [1.54, 1.807) is 0 Å². The summed E-state index contributed by atoms with van der Waals surface area (Å²) in [5.41, 5.74) is 10.8. The molecule has 0 saturated carbocycles. The minimum atomic E-state index is 0.871. The highest BCUT2D eigenvalue weighted by molar-refractivity contribution is 6.27. The summed E-state index contributed by atoms with van der Waals surface area (Å²) in [5.74, 6) is 0. The van der Waals surface area contributed by atoms with E-state index in [1.807, 2.05) is 24.3 Å². The van der Waals surface area contributed by atoms with Crippen LogP contribution < -0.4 is 0 Å². The molecule has 2 nitrogen and oxygen atoms in total. The molecule has 2 heterocycles. The average Bonchev–Trinajstić information content (AvgIpc) is 3.69. The number of benzene rings is 8. The van der Waals surface area contributed by atoms with Crippen LogP contribution >= 0.6 is 0 Å². The molecule has 0 radical (unpaired) electrons. The van der Waals surface area contributed by atoms with E-state index >= 15 is 0 Å². The molecule has 2 aromatic heterocycles. The Morgan fingerprint density at radius 1 is 0.261 bits per heavy atom. The summed E-state index contributed by atoms with van der Waals surface area (Å²) in [6.07, 6.45) is 0. The largest absolute Gasteiger partial charge is 0.456 e. The highest BCUT2D eigenvalue weighted by atomic mass is 16.3. The van der Waals surface area contributed by atoms with Crippen molar-refractivity contribution in [3.05, 3.63) is 158 Å². The van der Waals surface area contributed by atoms with Crippen LogP contribution in [0.3, 0.4) is 0 Å². The van der Waals surface area contributed by atoms with Crippen LogP contribution in [0, 0.1) is 0 Å². The van der Waals surface area contributed by atoms with Gasteiger partial charge in [0.2, 0.25) is 0 Å². The Labute approximate surface area is 264 Å². The molecule has 214 valence electrons. The van der Waals surface area contributed by atoms with Crippen LogP contribution in [0.15, 0.2) is 167 Å². The fraction of sp³-hybridized carbons (Fsp3) is 0. The van der Waals surface area contributed by atoms with Crippen molar-refractivity contribution in [2.24, 2.45) is 0 Å². The van der Waals surface area contributed by atoms with E-state index < -0.39 is 0 Å². The zero-order chi connectivity index (χ0) is 30.2. The normalized spacial score (nSPS) is 11.9. The molecule has 2 heteroatoms. The molecule has 0 aliphatic rings. The highest BCUT2D eigenvalue weighted by Gasteiger charge is 2.20. The van der Waals surface area contributed by atoms with Gasteiger partial charge in [-0.15, -0.1) is 0 Å². The van der Waals surface area contributed by atoms with Crippen LogP contribution in [0.2, 0.25) is 0 Å². The first-order chi connectivity index (χ1) is 22.8. The maximum absolute atomic E-state index is 6.42. The molecule has 0 N–H and O–H groups in total. The van der Waals surface area contributed by atoms with E-state index in [9.17, 15) is 0 Å². The van der Waals surface area contributed by atoms with E-state index in [1.165, 1.54) is 54.9 Å². The Morgan fingerprint density at radius 2 is 0.674 bits per heavy atom. The van der Waals surface area contributed by atoms with E-state index in [0.717, 1.165) is 43.9 Å². The van der Waals surface area contributed by atoms with Gasteiger partial charge >= 0.3 is 0 Å². The van der Waals surface area contributed by atoms with Gasteiger partial charge in [-0.05, 0) is 85.3 Å². The molecule has 0 aliphatic heterocycles. The minimum Gasteiger partial charge on any atom is -0.456 e. The lowest BCUT2D eigenvalue weighted by atomic mass is 9.85. The zero-order valence-electron chi connectivity index (χ0n) is 24.8. The topological polar surface area (TPSA) is 26.3 Å². The average molecular weight is 587 g/mol. The summed E-state index contributed by atoms with van der Waals surface area (Å²) < 4.78 is 12.7. The van der Waals surface area contributed by atoms with Crippen LogP contribution in [0.4, 0.5) is 0 Å². The molecule has 10 rings (SSSR count). The van der Waals surface area contributed by atoms with E-state index in [4.69, 9.17) is 8.83 Å². The van der Waals surface area contributed by atoms with E-state index in [2.05, 4.69) is 133 Å². The van der Waals surface area contributed by atoms with Gasteiger partial charge in [-0.3, -0.25) is 0 Å². The Morgan fingerprint density at radius 3 is 1.30 bits per heavy atom. The maximum atomic E-state index is 6.42. The first kappa shape index (κ1) is 25.2. The standard InChI is InChI=1S/C44H26O2/c1-2-10-27(11-3-1)28-18-20-29(21-19-28)41-31-12-4-6-14-33(31)42(34-15-7-5-13-32(34)41)30-22-23-38-36(26-30)44-40(46-38)25-24-39-43(44)35-16-8-9-17-37(35)45-39/h1-26H. The molecule has 0 saturated heterocycles. The van der Waals surface area contributed by atoms with Gasteiger partial charge in [0.25, 0.3) is 0 Å². The van der Waals surface area contributed by atoms with Crippen molar-refractivity contribution in [3.63, 3.8) is 0 Å². The quantitative estimate of drug-likeness (QED) is 0.193. The number of rotatable bonds is 3. The lowest BCUT2D eigenvalue weighted by Gasteiger charge is -2.18. The Bertz CT molecular complexity index is 2720. The van der Waals surface area contributed by atoms with Crippen molar-refractivity contribution in [2.45, 2.75) is 0 Å². The predicted octanol–water partition coefficient (Wildman–Crippen LogP) is 12.8. The van der Waals surface area contributed by atoms with Crippen LogP contribution in [-0.2, 0) is 0 Å². The molecule has 0 spiro atoms. The van der Waals surface area contributed by atoms with Gasteiger partial charge in [0, 0.05) is 21.5 Å². The van der Waals surface area contributed by atoms with Gasteiger partial charge in [-0.1, -0.05) is 127 Å². The number of para-hydroxylation sites is 1. The third kappa shape index (κ3) is 3.65. The van der Waals surface area contributed by atoms with Gasteiger partial charge in [0.05, 0.1) is 0 Å². The molecule has 0 amide bonds. The van der Waals surface area contributed by atoms with Gasteiger partial charge in [-0.2, -0.15) is 0 Å². The SMILES string of the molecule is c1ccc(-c2ccc(-c3c4ccccc4c(-c4ccc5oc6ccc7oc8ccccc8c7c6c5c4)c4ccccc34)cc2)cc1. The molecule has 0 unspecified atom stereocenters. The van der Waals surface area contributed by atoms with E-state index in [0.29, 0.717) is 0 Å². The van der Waals surface area contributed by atoms with Crippen molar-refractivity contribution in [3.8, 4) is 33.4 Å². The number of hydrogen-bond acceptors (Lipinski definition) is 2. The summed E-state index contributed by atoms with van der Waals surface area (Å²) in [4.78, 5) is 0. The number of hydrogen-bond donors (Lipinski definition) is 0. The van der Waals surface area contributed by atoms with Crippen molar-refractivity contribution < 1.29 is 8.83 Å². The van der Waals surface area contributed by atoms with Gasteiger partial charge in [0.15, 0.2) is 0 Å². The summed E-state index contributed by atoms with van der Waals surface area (Å²) in [6, 6.07) is 56.2. The second kappa shape index (κ2) is 9.69. The second-order valence-corrected chi connectivity index (χ2v) is 12.0. The van der Waals surface area contributed by atoms with Gasteiger partial charge in [0.1, 0.15) is 22.3 Å². The predicted molar refractivity (Wildman–Crippen MR) is 192 cm³/mol. The Kier molecular flexibility index (Phi) is 5.31. The van der Waals surface area contributed by atoms with Crippen LogP contribution in [-0.4, -0.2) is 0 Å². The molecule has 0 atom stereocenters. The highest BCUT2D eigenvalue weighted by Crippen LogP contribution is 2.46. The van der Waals surface area contributed by atoms with Crippen LogP contribution in [0.25, 0.3) is 98.8 Å². The van der Waals surface area contributed by atoms with Gasteiger partial charge in [-0.25, -0.2) is 0 Å². The molecule has 0 fully saturated rings. The summed E-state index contributed by atoms with van der Waals surface area (Å²) in [6.45, 7) is 0. The molecular weight excluding hydrogens is 560 g/mol. The first-order valence-corrected chi connectivity index (χ1v) is 15.7. The summed E-state index contributed by atoms with van der Waals surface area (Å²) >= 11 is 0. The van der Waals surface area contributed by atoms with Crippen molar-refractivity contribution in [1.82, 2.24) is 0 Å². The third-order valence-electron chi connectivity index (χ3n) is 9.47. The van der Waals surface area contributed by atoms with Crippen molar-refractivity contribution in [2.75, 3.05) is 0 Å². The Balaban J connectivity index is 1.25. The number of furan rings is 2. The maximum Gasteiger partial charge on any atom is 0.136 e. The van der Waals surface area contributed by atoms with Crippen LogP contribution in [0.1, 0.15) is 0 Å². The minimum absolute atomic E-state index is 0.871. The van der Waals surface area contributed by atoms with Gasteiger partial charge < -0.3 is 8.83 Å². The fourth-order valence-electron chi connectivity index (χ4n) is 7.45. The molecule has 0 bridgehead atoms. The molecule has 8 aromatic carbocycles. The van der Waals surface area contributed by atoms with Crippen molar-refractivity contribution >= 4 is 65.4 Å². The fourth-order valence-corrected chi connectivity index (χ4v) is 7.45. The second-order valence-electron chi connectivity index (χ2n) is 12.0. The lowest BCUT2D eigenvalue weighted by molar-refractivity contribution is 0.663. The van der Waals surface area contributed by atoms with E-state index in [-0.39, 0.29) is 0 Å². The molecule has 0 aliphatic carbocycles. The molecule has 10 aromatic rings. The smallest absolute Gasteiger partial charge is 0.136 e. The number of fused-ring (bicyclic) bond motifs is 9. The summed E-state index contributed by atoms with van der Waals surface area (Å²) in [7, 11) is 0. The monoisotopic (exact) mass is 586 g/mol. The van der Waals surface area contributed by atoms with Crippen molar-refractivity contribution in [1.29, 1.82) is 0 Å². The first-order valence-electron chi connectivity index (χ1n) is 15.7. The third-order valence-corrected chi connectivity index (χ3v) is 9.47. The molecule has 46 heavy (non-hydrogen) atoms. The van der Waals surface area contributed by atoms with Crippen LogP contribution in [0.5, 0.6) is 0 Å².